The molecule has 2 N–H and O–H groups in total. The van der Waals surface area contributed by atoms with Gasteiger partial charge in [0.15, 0.2) is 6.61 Å². The predicted octanol–water partition coefficient (Wildman–Crippen LogP) is 1.71. The van der Waals surface area contributed by atoms with Gasteiger partial charge in [-0.25, -0.2) is 0 Å². The molecule has 6 nitrogen and oxygen atoms in total. The van der Waals surface area contributed by atoms with Crippen LogP contribution in [0.25, 0.3) is 0 Å². The summed E-state index contributed by atoms with van der Waals surface area (Å²) in [5.41, 5.74) is 1.49. The molecule has 0 spiro atoms. The number of ether oxygens (including phenoxy) is 1. The fraction of sp³-hybridized carbons (Fsp3) is 0.429. The Hall–Kier alpha value is -2.24. The van der Waals surface area contributed by atoms with E-state index in [1.54, 1.807) is 11.0 Å². The summed E-state index contributed by atoms with van der Waals surface area (Å²) in [4.78, 5) is 24.1. The zero-order valence-corrected chi connectivity index (χ0v) is 11.5. The number of hydrogen-bond acceptors (Lipinski definition) is 4. The molecule has 1 heterocycles. The standard InChI is InChI=1S/C14H18N2O4/c1-9(2)16-11-7-10(15-6-5-14(18)19)3-4-12(11)20-8-13(16)17/h3-4,7,9,15H,5-6,8H2,1-2H3,(H,18,19). The minimum atomic E-state index is -0.849. The second-order valence-electron chi connectivity index (χ2n) is 4.90. The molecule has 0 fully saturated rings. The highest BCUT2D eigenvalue weighted by atomic mass is 16.5. The summed E-state index contributed by atoms with van der Waals surface area (Å²) in [5, 5.41) is 11.6. The van der Waals surface area contributed by atoms with Crippen LogP contribution in [-0.4, -0.2) is 36.2 Å². The number of benzene rings is 1. The molecule has 0 aromatic heterocycles. The first-order valence-corrected chi connectivity index (χ1v) is 6.53. The van der Waals surface area contributed by atoms with Gasteiger partial charge in [-0.05, 0) is 32.0 Å². The van der Waals surface area contributed by atoms with Crippen molar-refractivity contribution in [3.63, 3.8) is 0 Å². The fourth-order valence-corrected chi connectivity index (χ4v) is 2.16. The van der Waals surface area contributed by atoms with Gasteiger partial charge >= 0.3 is 5.97 Å². The zero-order valence-electron chi connectivity index (χ0n) is 11.5. The van der Waals surface area contributed by atoms with Gasteiger partial charge in [-0.3, -0.25) is 9.59 Å². The lowest BCUT2D eigenvalue weighted by atomic mass is 10.1. The maximum absolute atomic E-state index is 11.9. The SMILES string of the molecule is CC(C)N1C(=O)COc2ccc(NCCC(=O)O)cc21. The summed E-state index contributed by atoms with van der Waals surface area (Å²) in [7, 11) is 0. The average Bonchev–Trinajstić information content (AvgIpc) is 2.37. The van der Waals surface area contributed by atoms with Crippen molar-refractivity contribution in [1.29, 1.82) is 0 Å². The lowest BCUT2D eigenvalue weighted by molar-refractivity contribution is -0.136. The largest absolute Gasteiger partial charge is 0.482 e. The molecule has 0 aliphatic carbocycles. The molecule has 0 unspecified atom stereocenters. The molecule has 1 amide bonds. The third-order valence-corrected chi connectivity index (χ3v) is 3.02. The predicted molar refractivity (Wildman–Crippen MR) is 75.3 cm³/mol. The van der Waals surface area contributed by atoms with Crippen LogP contribution < -0.4 is 15.0 Å². The third-order valence-electron chi connectivity index (χ3n) is 3.02. The van der Waals surface area contributed by atoms with Crippen molar-refractivity contribution in [3.05, 3.63) is 18.2 Å². The van der Waals surface area contributed by atoms with Crippen molar-refractivity contribution in [2.45, 2.75) is 26.3 Å². The highest BCUT2D eigenvalue weighted by Crippen LogP contribution is 2.35. The van der Waals surface area contributed by atoms with Crippen molar-refractivity contribution >= 4 is 23.3 Å². The van der Waals surface area contributed by atoms with Gasteiger partial charge in [0.05, 0.1) is 12.1 Å². The van der Waals surface area contributed by atoms with Crippen LogP contribution in [0.1, 0.15) is 20.3 Å². The monoisotopic (exact) mass is 278 g/mol. The number of carbonyl (C=O) groups is 2. The normalized spacial score (nSPS) is 13.9. The van der Waals surface area contributed by atoms with Gasteiger partial charge in [0.25, 0.3) is 5.91 Å². The van der Waals surface area contributed by atoms with Crippen molar-refractivity contribution in [1.82, 2.24) is 0 Å². The van der Waals surface area contributed by atoms with Crippen molar-refractivity contribution in [3.8, 4) is 5.75 Å². The second-order valence-corrected chi connectivity index (χ2v) is 4.90. The van der Waals surface area contributed by atoms with Crippen LogP contribution in [0.3, 0.4) is 0 Å². The summed E-state index contributed by atoms with van der Waals surface area (Å²) >= 11 is 0. The van der Waals surface area contributed by atoms with Crippen LogP contribution in [0.4, 0.5) is 11.4 Å². The van der Waals surface area contributed by atoms with E-state index >= 15 is 0 Å². The lowest BCUT2D eigenvalue weighted by Crippen LogP contribution is -2.43. The Morgan fingerprint density at radius 3 is 2.90 bits per heavy atom. The van der Waals surface area contributed by atoms with E-state index in [1.807, 2.05) is 26.0 Å². The molecule has 108 valence electrons. The number of carbonyl (C=O) groups excluding carboxylic acids is 1. The van der Waals surface area contributed by atoms with E-state index in [4.69, 9.17) is 9.84 Å². The molecule has 0 bridgehead atoms. The molecule has 6 heteroatoms. The molecule has 20 heavy (non-hydrogen) atoms. The molecule has 2 rings (SSSR count). The Kier molecular flexibility index (Phi) is 4.12. The molecule has 1 aliphatic heterocycles. The maximum atomic E-state index is 11.9. The number of aliphatic carboxylic acids is 1. The van der Waals surface area contributed by atoms with Crippen molar-refractivity contribution in [2.24, 2.45) is 0 Å². The van der Waals surface area contributed by atoms with E-state index in [0.717, 1.165) is 11.4 Å². The molecule has 1 aliphatic rings. The minimum absolute atomic E-state index is 0.0411. The topological polar surface area (TPSA) is 78.9 Å². The van der Waals surface area contributed by atoms with Gasteiger partial charge in [-0.1, -0.05) is 0 Å². The zero-order chi connectivity index (χ0) is 14.7. The van der Waals surface area contributed by atoms with E-state index < -0.39 is 5.97 Å². The number of nitrogens with zero attached hydrogens (tertiary/aromatic N) is 1. The molecule has 0 radical (unpaired) electrons. The Balaban J connectivity index is 2.19. The summed E-state index contributed by atoms with van der Waals surface area (Å²) < 4.78 is 5.40. The number of amides is 1. The van der Waals surface area contributed by atoms with Gasteiger partial charge in [-0.15, -0.1) is 0 Å². The molecule has 0 saturated carbocycles. The van der Waals surface area contributed by atoms with Crippen LogP contribution in [0, 0.1) is 0 Å². The smallest absolute Gasteiger partial charge is 0.305 e. The van der Waals surface area contributed by atoms with Crippen LogP contribution >= 0.6 is 0 Å². The van der Waals surface area contributed by atoms with Gasteiger partial charge in [0, 0.05) is 18.3 Å². The van der Waals surface area contributed by atoms with Gasteiger partial charge in [0.2, 0.25) is 0 Å². The van der Waals surface area contributed by atoms with E-state index in [9.17, 15) is 9.59 Å². The van der Waals surface area contributed by atoms with E-state index in [-0.39, 0.29) is 25.0 Å². The quantitative estimate of drug-likeness (QED) is 0.857. The lowest BCUT2D eigenvalue weighted by Gasteiger charge is -2.32. The first-order chi connectivity index (χ1) is 9.49. The van der Waals surface area contributed by atoms with Crippen LogP contribution in [-0.2, 0) is 9.59 Å². The number of hydrogen-bond donors (Lipinski definition) is 2. The van der Waals surface area contributed by atoms with Gasteiger partial charge in [-0.2, -0.15) is 0 Å². The summed E-state index contributed by atoms with van der Waals surface area (Å²) in [5.74, 6) is -0.255. The number of fused-ring (bicyclic) bond motifs is 1. The second kappa shape index (κ2) is 5.81. The summed E-state index contributed by atoms with van der Waals surface area (Å²) in [6.45, 7) is 4.27. The molecular weight excluding hydrogens is 260 g/mol. The van der Waals surface area contributed by atoms with Crippen molar-refractivity contribution < 1.29 is 19.4 Å². The molecule has 1 aromatic rings. The average molecular weight is 278 g/mol. The first kappa shape index (κ1) is 14.2. The Labute approximate surface area is 117 Å². The number of nitrogens with one attached hydrogen (secondary N) is 1. The highest BCUT2D eigenvalue weighted by molar-refractivity contribution is 5.98. The first-order valence-electron chi connectivity index (χ1n) is 6.53. The van der Waals surface area contributed by atoms with E-state index in [0.29, 0.717) is 12.3 Å². The minimum Gasteiger partial charge on any atom is -0.482 e. The van der Waals surface area contributed by atoms with Crippen LogP contribution in [0.15, 0.2) is 18.2 Å². The molecule has 0 saturated heterocycles. The third kappa shape index (κ3) is 3.01. The van der Waals surface area contributed by atoms with E-state index in [2.05, 4.69) is 5.32 Å². The van der Waals surface area contributed by atoms with Gasteiger partial charge in [0.1, 0.15) is 5.75 Å². The van der Waals surface area contributed by atoms with Crippen LogP contribution in [0.2, 0.25) is 0 Å². The summed E-state index contributed by atoms with van der Waals surface area (Å²) in [6.07, 6.45) is 0.0421. The van der Waals surface area contributed by atoms with Gasteiger partial charge < -0.3 is 20.1 Å². The van der Waals surface area contributed by atoms with Crippen molar-refractivity contribution in [2.75, 3.05) is 23.4 Å². The maximum Gasteiger partial charge on any atom is 0.305 e. The summed E-state index contributed by atoms with van der Waals surface area (Å²) in [6, 6.07) is 5.46. The van der Waals surface area contributed by atoms with Crippen LogP contribution in [0.5, 0.6) is 5.75 Å². The fourth-order valence-electron chi connectivity index (χ4n) is 2.16. The Morgan fingerprint density at radius 1 is 1.50 bits per heavy atom. The number of carboxylic acid groups (broad SMARTS) is 1. The highest BCUT2D eigenvalue weighted by Gasteiger charge is 2.27. The molecule has 1 aromatic carbocycles. The van der Waals surface area contributed by atoms with E-state index in [1.165, 1.54) is 0 Å². The Morgan fingerprint density at radius 2 is 2.25 bits per heavy atom. The molecule has 0 atom stereocenters. The molecular formula is C14H18N2O4. The number of carboxylic acids is 1. The Bertz CT molecular complexity index is 528. The number of anilines is 2. The number of rotatable bonds is 5.